The van der Waals surface area contributed by atoms with Gasteiger partial charge in [0.2, 0.25) is 5.91 Å². The lowest BCUT2D eigenvalue weighted by atomic mass is 10.0. The second-order valence-corrected chi connectivity index (χ2v) is 2.54. The van der Waals surface area contributed by atoms with Crippen LogP contribution in [0.3, 0.4) is 0 Å². The number of halogens is 3. The Labute approximate surface area is 61.3 Å². The number of rotatable bonds is 2. The van der Waals surface area contributed by atoms with Crippen LogP contribution in [0.1, 0.15) is 6.92 Å². The third kappa shape index (κ3) is 1.54. The van der Waals surface area contributed by atoms with Crippen molar-refractivity contribution in [1.29, 1.82) is 0 Å². The second kappa shape index (κ2) is 2.32. The van der Waals surface area contributed by atoms with Gasteiger partial charge in [-0.2, -0.15) is 8.78 Å². The van der Waals surface area contributed by atoms with Crippen LogP contribution in [0.15, 0.2) is 0 Å². The Kier molecular flexibility index (Phi) is 2.22. The van der Waals surface area contributed by atoms with Crippen molar-refractivity contribution in [2.75, 3.05) is 0 Å². The van der Waals surface area contributed by atoms with Crippen molar-refractivity contribution in [2.45, 2.75) is 17.8 Å². The molecule has 4 N–H and O–H groups in total. The molecule has 0 fully saturated rings. The lowest BCUT2D eigenvalue weighted by Crippen LogP contribution is -2.59. The molecular weight excluding hydrogens is 166 g/mol. The summed E-state index contributed by atoms with van der Waals surface area (Å²) in [6, 6.07) is 0. The van der Waals surface area contributed by atoms with E-state index in [-0.39, 0.29) is 0 Å². The van der Waals surface area contributed by atoms with E-state index in [4.69, 9.17) is 5.73 Å². The molecule has 0 saturated heterocycles. The zero-order chi connectivity index (χ0) is 8.58. The lowest BCUT2D eigenvalue weighted by molar-refractivity contribution is -0.130. The van der Waals surface area contributed by atoms with Crippen molar-refractivity contribution in [3.8, 4) is 0 Å². The van der Waals surface area contributed by atoms with E-state index in [9.17, 15) is 13.6 Å². The van der Waals surface area contributed by atoms with Crippen LogP contribution < -0.4 is 11.5 Å². The summed E-state index contributed by atoms with van der Waals surface area (Å²) in [4.78, 5) is 10.2. The van der Waals surface area contributed by atoms with Gasteiger partial charge in [0.25, 0.3) is 0 Å². The van der Waals surface area contributed by atoms with Crippen molar-refractivity contribution in [1.82, 2.24) is 0 Å². The van der Waals surface area contributed by atoms with Gasteiger partial charge in [0, 0.05) is 0 Å². The van der Waals surface area contributed by atoms with Gasteiger partial charge in [0.1, 0.15) is 0 Å². The van der Waals surface area contributed by atoms with Gasteiger partial charge in [-0.3, -0.25) is 4.79 Å². The molecule has 1 amide bonds. The topological polar surface area (TPSA) is 69.1 Å². The van der Waals surface area contributed by atoms with Gasteiger partial charge in [-0.25, -0.2) is 0 Å². The summed E-state index contributed by atoms with van der Waals surface area (Å²) in [5.41, 5.74) is 6.82. The third-order valence-corrected chi connectivity index (χ3v) is 1.49. The molecule has 3 nitrogen and oxygen atoms in total. The predicted molar refractivity (Wildman–Crippen MR) is 32.6 cm³/mol. The summed E-state index contributed by atoms with van der Waals surface area (Å²) in [6.45, 7) is 0.766. The van der Waals surface area contributed by atoms with E-state index in [1.165, 1.54) is 0 Å². The number of carbonyl (C=O) groups is 1. The van der Waals surface area contributed by atoms with E-state index in [0.717, 1.165) is 6.92 Å². The summed E-state index contributed by atoms with van der Waals surface area (Å²) in [5.74, 6) is -1.34. The summed E-state index contributed by atoms with van der Waals surface area (Å²) in [5, 5.41) is -3.81. The predicted octanol–water partition coefficient (Wildman–Crippen LogP) is 0.0207. The Morgan fingerprint density at radius 1 is 1.60 bits per heavy atom. The molecule has 1 atom stereocenters. The molecule has 0 aliphatic carbocycles. The van der Waals surface area contributed by atoms with Gasteiger partial charge in [-0.05, 0) is 18.5 Å². The number of hydrogen-bond donors (Lipinski definition) is 2. The molecule has 0 unspecified atom stereocenters. The fourth-order valence-electron chi connectivity index (χ4n) is 0.140. The third-order valence-electron chi connectivity index (χ3n) is 1.10. The highest BCUT2D eigenvalue weighted by Gasteiger charge is 2.50. The summed E-state index contributed by atoms with van der Waals surface area (Å²) >= 11 is 4.46. The highest BCUT2D eigenvalue weighted by Crippen LogP contribution is 2.30. The minimum absolute atomic E-state index is 0.766. The van der Waals surface area contributed by atoms with Crippen LogP contribution in [-0.4, -0.2) is 16.8 Å². The molecule has 0 saturated carbocycles. The second-order valence-electron chi connectivity index (χ2n) is 2.06. The van der Waals surface area contributed by atoms with E-state index in [0.29, 0.717) is 0 Å². The first kappa shape index (κ1) is 9.58. The average molecular weight is 173 g/mol. The smallest absolute Gasteiger partial charge is 0.348 e. The molecule has 0 aromatic heterocycles. The normalized spacial score (nSPS) is 18.1. The number of amides is 1. The molecule has 0 rings (SSSR count). The highest BCUT2D eigenvalue weighted by molar-refractivity contribution is 6.24. The Balaban J connectivity index is 4.57. The molecular formula is C4H7ClF2N2O. The van der Waals surface area contributed by atoms with E-state index < -0.39 is 16.8 Å². The van der Waals surface area contributed by atoms with Crippen molar-refractivity contribution in [2.24, 2.45) is 11.5 Å². The maximum absolute atomic E-state index is 12.1. The molecule has 10 heavy (non-hydrogen) atoms. The van der Waals surface area contributed by atoms with Crippen LogP contribution in [0.4, 0.5) is 8.78 Å². The van der Waals surface area contributed by atoms with E-state index >= 15 is 0 Å². The largest absolute Gasteiger partial charge is 0.368 e. The van der Waals surface area contributed by atoms with Crippen LogP contribution in [0.25, 0.3) is 0 Å². The van der Waals surface area contributed by atoms with Crippen LogP contribution >= 0.6 is 11.6 Å². The Hall–Kier alpha value is -0.420. The van der Waals surface area contributed by atoms with Crippen molar-refractivity contribution < 1.29 is 13.6 Å². The highest BCUT2D eigenvalue weighted by atomic mass is 35.5. The Morgan fingerprint density at radius 3 is 1.90 bits per heavy atom. The van der Waals surface area contributed by atoms with Gasteiger partial charge in [0.15, 0.2) is 5.54 Å². The van der Waals surface area contributed by atoms with Crippen LogP contribution in [0, 0.1) is 0 Å². The molecule has 0 heterocycles. The molecule has 0 spiro atoms. The molecule has 0 aliphatic heterocycles. The molecule has 0 bridgehead atoms. The maximum atomic E-state index is 12.1. The fraction of sp³-hybridized carbons (Fsp3) is 0.750. The first-order valence-electron chi connectivity index (χ1n) is 2.35. The number of hydrogen-bond acceptors (Lipinski definition) is 2. The fourth-order valence-corrected chi connectivity index (χ4v) is 0.233. The zero-order valence-corrected chi connectivity index (χ0v) is 5.95. The van der Waals surface area contributed by atoms with E-state index in [2.05, 4.69) is 17.3 Å². The first-order valence-corrected chi connectivity index (χ1v) is 2.73. The molecule has 0 aromatic carbocycles. The monoisotopic (exact) mass is 172 g/mol. The number of nitrogens with two attached hydrogens (primary N) is 2. The average Bonchev–Trinajstić information content (AvgIpc) is 1.62. The molecule has 0 aromatic rings. The van der Waals surface area contributed by atoms with Crippen LogP contribution in [0.2, 0.25) is 0 Å². The van der Waals surface area contributed by atoms with Gasteiger partial charge < -0.3 is 11.5 Å². The van der Waals surface area contributed by atoms with E-state index in [1.807, 2.05) is 0 Å². The number of carbonyl (C=O) groups excluding carboxylic acids is 1. The van der Waals surface area contributed by atoms with Gasteiger partial charge in [-0.15, -0.1) is 0 Å². The quantitative estimate of drug-likeness (QED) is 0.577. The zero-order valence-electron chi connectivity index (χ0n) is 5.20. The summed E-state index contributed by atoms with van der Waals surface area (Å²) in [6.07, 6.45) is 0. The molecule has 0 aliphatic rings. The van der Waals surface area contributed by atoms with Crippen molar-refractivity contribution in [3.63, 3.8) is 0 Å². The summed E-state index contributed by atoms with van der Waals surface area (Å²) in [7, 11) is 0. The molecule has 0 radical (unpaired) electrons. The standard InChI is InChI=1S/C4H7ClF2N2O/c1-3(9,2(8)10)4(5,6)7/h9H2,1H3,(H2,8,10)/t3-/m0/s1. The van der Waals surface area contributed by atoms with Gasteiger partial charge in [0.05, 0.1) is 0 Å². The van der Waals surface area contributed by atoms with Gasteiger partial charge >= 0.3 is 5.38 Å². The summed E-state index contributed by atoms with van der Waals surface area (Å²) < 4.78 is 24.2. The van der Waals surface area contributed by atoms with Crippen molar-refractivity contribution in [3.05, 3.63) is 0 Å². The minimum Gasteiger partial charge on any atom is -0.368 e. The van der Waals surface area contributed by atoms with E-state index in [1.54, 1.807) is 0 Å². The number of alkyl halides is 3. The molecule has 6 heteroatoms. The van der Waals surface area contributed by atoms with Crippen LogP contribution in [0.5, 0.6) is 0 Å². The minimum atomic E-state index is -3.81. The Bertz CT molecular complexity index is 154. The lowest BCUT2D eigenvalue weighted by Gasteiger charge is -2.24. The molecule has 60 valence electrons. The van der Waals surface area contributed by atoms with Crippen LogP contribution in [-0.2, 0) is 4.79 Å². The number of primary amides is 1. The Morgan fingerprint density at radius 2 is 1.90 bits per heavy atom. The van der Waals surface area contributed by atoms with Gasteiger partial charge in [-0.1, -0.05) is 0 Å². The SMILES string of the molecule is C[C@](N)(C(N)=O)C(F)(F)Cl. The first-order chi connectivity index (χ1) is 4.19. The van der Waals surface area contributed by atoms with Crippen molar-refractivity contribution >= 4 is 17.5 Å². The maximum Gasteiger partial charge on any atom is 0.348 e.